The van der Waals surface area contributed by atoms with Crippen molar-refractivity contribution in [3.8, 4) is 0 Å². The van der Waals surface area contributed by atoms with Gasteiger partial charge in [0.05, 0.1) is 6.42 Å². The second kappa shape index (κ2) is 6.11. The first-order chi connectivity index (χ1) is 8.63. The third kappa shape index (κ3) is 3.92. The normalized spacial score (nSPS) is 17.8. The Morgan fingerprint density at radius 2 is 1.72 bits per heavy atom. The summed E-state index contributed by atoms with van der Waals surface area (Å²) in [4.78, 5) is 12.8. The number of nitrogens with zero attached hydrogens (tertiary/aromatic N) is 1. The molecule has 0 aromatic heterocycles. The van der Waals surface area contributed by atoms with Crippen molar-refractivity contribution in [3.05, 3.63) is 35.4 Å². The summed E-state index contributed by atoms with van der Waals surface area (Å²) in [5.41, 5.74) is 2.00. The molecule has 0 unspecified atom stereocenters. The third-order valence-corrected chi connectivity index (χ3v) is 4.33. The van der Waals surface area contributed by atoms with Gasteiger partial charge in [-0.3, -0.25) is 13.9 Å². The number of benzene rings is 1. The summed E-state index contributed by atoms with van der Waals surface area (Å²) in [6.07, 6.45) is 0.0724. The topological polar surface area (TPSA) is 57.6 Å². The van der Waals surface area contributed by atoms with Crippen molar-refractivity contribution in [1.29, 1.82) is 0 Å². The molecule has 1 heterocycles. The lowest BCUT2D eigenvalue weighted by Gasteiger charge is -2.26. The predicted molar refractivity (Wildman–Crippen MR) is 70.9 cm³/mol. The Morgan fingerprint density at radius 3 is 2.28 bits per heavy atom. The van der Waals surface area contributed by atoms with Gasteiger partial charge in [0.1, 0.15) is 0 Å². The van der Waals surface area contributed by atoms with E-state index in [4.69, 9.17) is 5.11 Å². The first kappa shape index (κ1) is 13.2. The van der Waals surface area contributed by atoms with Crippen LogP contribution in [-0.4, -0.2) is 44.8 Å². The van der Waals surface area contributed by atoms with Gasteiger partial charge in [0, 0.05) is 41.9 Å². The summed E-state index contributed by atoms with van der Waals surface area (Å²) in [7, 11) is -0.636. The van der Waals surface area contributed by atoms with Crippen LogP contribution in [0.2, 0.25) is 0 Å². The van der Waals surface area contributed by atoms with Crippen molar-refractivity contribution in [2.75, 3.05) is 24.6 Å². The van der Waals surface area contributed by atoms with E-state index in [-0.39, 0.29) is 6.42 Å². The molecule has 1 N–H and O–H groups in total. The lowest BCUT2D eigenvalue weighted by atomic mass is 10.1. The first-order valence-corrected chi connectivity index (χ1v) is 7.49. The minimum atomic E-state index is -0.804. The van der Waals surface area contributed by atoms with Crippen molar-refractivity contribution in [2.24, 2.45) is 0 Å². The number of carboxylic acid groups (broad SMARTS) is 1. The van der Waals surface area contributed by atoms with Gasteiger partial charge >= 0.3 is 5.97 Å². The number of carbonyl (C=O) groups is 1. The fourth-order valence-electron chi connectivity index (χ4n) is 2.03. The summed E-state index contributed by atoms with van der Waals surface area (Å²) >= 11 is 0. The quantitative estimate of drug-likeness (QED) is 0.880. The molecule has 18 heavy (non-hydrogen) atoms. The maximum absolute atomic E-state index is 11.2. The molecule has 1 aliphatic heterocycles. The molecule has 0 saturated carbocycles. The zero-order valence-electron chi connectivity index (χ0n) is 10.2. The average molecular weight is 267 g/mol. The van der Waals surface area contributed by atoms with E-state index in [1.165, 1.54) is 5.56 Å². The molecule has 1 aromatic carbocycles. The molecule has 0 radical (unpaired) electrons. The molecular weight excluding hydrogens is 250 g/mol. The number of rotatable bonds is 4. The van der Waals surface area contributed by atoms with Crippen molar-refractivity contribution in [2.45, 2.75) is 13.0 Å². The van der Waals surface area contributed by atoms with Gasteiger partial charge in [-0.15, -0.1) is 0 Å². The monoisotopic (exact) mass is 267 g/mol. The molecule has 2 rings (SSSR count). The second-order valence-corrected chi connectivity index (χ2v) is 6.21. The Balaban J connectivity index is 1.90. The molecule has 1 saturated heterocycles. The summed E-state index contributed by atoms with van der Waals surface area (Å²) < 4.78 is 11.2. The third-order valence-electron chi connectivity index (χ3n) is 3.05. The molecule has 0 amide bonds. The zero-order chi connectivity index (χ0) is 13.0. The van der Waals surface area contributed by atoms with Crippen molar-refractivity contribution < 1.29 is 14.1 Å². The molecule has 0 atom stereocenters. The maximum Gasteiger partial charge on any atom is 0.307 e. The van der Waals surface area contributed by atoms with E-state index in [1.54, 1.807) is 0 Å². The summed E-state index contributed by atoms with van der Waals surface area (Å²) in [5.74, 6) is 0.718. The lowest BCUT2D eigenvalue weighted by Crippen LogP contribution is -2.37. The Morgan fingerprint density at radius 1 is 1.17 bits per heavy atom. The van der Waals surface area contributed by atoms with Gasteiger partial charge in [-0.1, -0.05) is 24.3 Å². The fourth-order valence-corrected chi connectivity index (χ4v) is 3.16. The van der Waals surface area contributed by atoms with Gasteiger partial charge in [0.2, 0.25) is 0 Å². The fraction of sp³-hybridized carbons (Fsp3) is 0.462. The molecule has 4 nitrogen and oxygen atoms in total. The van der Waals surface area contributed by atoms with E-state index in [1.807, 2.05) is 24.3 Å². The number of hydrogen-bond acceptors (Lipinski definition) is 3. The van der Waals surface area contributed by atoms with E-state index in [0.29, 0.717) is 0 Å². The molecule has 98 valence electrons. The molecule has 1 aliphatic rings. The first-order valence-electron chi connectivity index (χ1n) is 6.00. The van der Waals surface area contributed by atoms with Gasteiger partial charge in [0.15, 0.2) is 0 Å². The van der Waals surface area contributed by atoms with E-state index in [2.05, 4.69) is 4.90 Å². The molecule has 0 aliphatic carbocycles. The highest BCUT2D eigenvalue weighted by atomic mass is 32.2. The minimum absolute atomic E-state index is 0.0724. The molecule has 1 aromatic rings. The van der Waals surface area contributed by atoms with Crippen LogP contribution in [-0.2, 0) is 28.6 Å². The van der Waals surface area contributed by atoms with Gasteiger partial charge in [0.25, 0.3) is 0 Å². The van der Waals surface area contributed by atoms with Crippen LogP contribution in [0.25, 0.3) is 0 Å². The Kier molecular flexibility index (Phi) is 4.49. The molecule has 0 bridgehead atoms. The average Bonchev–Trinajstić information content (AvgIpc) is 2.34. The Hall–Kier alpha value is -1.20. The number of hydrogen-bond donors (Lipinski definition) is 1. The van der Waals surface area contributed by atoms with Crippen molar-refractivity contribution >= 4 is 16.8 Å². The maximum atomic E-state index is 11.2. The lowest BCUT2D eigenvalue weighted by molar-refractivity contribution is -0.136. The van der Waals surface area contributed by atoms with Gasteiger partial charge in [-0.2, -0.15) is 0 Å². The summed E-state index contributed by atoms with van der Waals surface area (Å²) in [5, 5.41) is 8.69. The summed E-state index contributed by atoms with van der Waals surface area (Å²) in [6.45, 7) is 2.61. The summed E-state index contributed by atoms with van der Waals surface area (Å²) in [6, 6.07) is 7.69. The van der Waals surface area contributed by atoms with Crippen LogP contribution in [0.5, 0.6) is 0 Å². The Labute approximate surface area is 109 Å². The van der Waals surface area contributed by atoms with Crippen LogP contribution < -0.4 is 0 Å². The zero-order valence-corrected chi connectivity index (χ0v) is 11.0. The van der Waals surface area contributed by atoms with E-state index < -0.39 is 16.8 Å². The highest BCUT2D eigenvalue weighted by molar-refractivity contribution is 7.85. The number of aliphatic carboxylic acids is 1. The van der Waals surface area contributed by atoms with E-state index in [0.717, 1.165) is 36.7 Å². The van der Waals surface area contributed by atoms with Crippen molar-refractivity contribution in [1.82, 2.24) is 4.90 Å². The van der Waals surface area contributed by atoms with Gasteiger partial charge in [-0.05, 0) is 11.1 Å². The standard InChI is InChI=1S/C13H17NO3S/c15-13(16)9-11-1-3-12(4-2-11)10-14-5-7-18(17)8-6-14/h1-4H,5-10H2,(H,15,16). The van der Waals surface area contributed by atoms with Gasteiger partial charge in [-0.25, -0.2) is 0 Å². The minimum Gasteiger partial charge on any atom is -0.481 e. The van der Waals surface area contributed by atoms with E-state index >= 15 is 0 Å². The SMILES string of the molecule is O=C(O)Cc1ccc(CN2CCS(=O)CC2)cc1. The Bertz CT molecular complexity index is 434. The van der Waals surface area contributed by atoms with Crippen LogP contribution in [0.1, 0.15) is 11.1 Å². The molecule has 5 heteroatoms. The predicted octanol–water partition coefficient (Wildman–Crippen LogP) is 0.878. The van der Waals surface area contributed by atoms with Gasteiger partial charge < -0.3 is 5.11 Å². The van der Waals surface area contributed by atoms with Crippen LogP contribution in [0.4, 0.5) is 0 Å². The van der Waals surface area contributed by atoms with Crippen LogP contribution in [0.3, 0.4) is 0 Å². The van der Waals surface area contributed by atoms with Crippen LogP contribution in [0, 0.1) is 0 Å². The van der Waals surface area contributed by atoms with Crippen LogP contribution in [0.15, 0.2) is 24.3 Å². The number of carboxylic acids is 1. The highest BCUT2D eigenvalue weighted by Gasteiger charge is 2.14. The smallest absolute Gasteiger partial charge is 0.307 e. The molecular formula is C13H17NO3S. The largest absolute Gasteiger partial charge is 0.481 e. The van der Waals surface area contributed by atoms with Crippen molar-refractivity contribution in [3.63, 3.8) is 0 Å². The molecule has 1 fully saturated rings. The van der Waals surface area contributed by atoms with Crippen LogP contribution >= 0.6 is 0 Å². The molecule has 0 spiro atoms. The highest BCUT2D eigenvalue weighted by Crippen LogP contribution is 2.10. The van der Waals surface area contributed by atoms with E-state index in [9.17, 15) is 9.00 Å². The second-order valence-electron chi connectivity index (χ2n) is 4.51.